The third kappa shape index (κ3) is 3.39. The molecule has 2 heterocycles. The number of hydrogen-bond acceptors (Lipinski definition) is 2. The highest BCUT2D eigenvalue weighted by atomic mass is 32.2. The van der Waals surface area contributed by atoms with Gasteiger partial charge in [0, 0.05) is 31.2 Å². The molecule has 0 radical (unpaired) electrons. The minimum atomic E-state index is -0.0292. The average molecular weight is 329 g/mol. The maximum Gasteiger partial charge on any atom is 0.323 e. The Morgan fingerprint density at radius 2 is 2.00 bits per heavy atom. The molecule has 1 aromatic heterocycles. The molecule has 122 valence electrons. The van der Waals surface area contributed by atoms with Gasteiger partial charge in [-0.2, -0.15) is 0 Å². The van der Waals surface area contributed by atoms with Crippen molar-refractivity contribution in [3.63, 3.8) is 0 Å². The second-order valence-corrected chi connectivity index (χ2v) is 7.36. The van der Waals surface area contributed by atoms with Gasteiger partial charge in [0.1, 0.15) is 5.37 Å². The summed E-state index contributed by atoms with van der Waals surface area (Å²) in [6.45, 7) is 5.11. The molecule has 1 atom stereocenters. The van der Waals surface area contributed by atoms with Gasteiger partial charge in [-0.3, -0.25) is 0 Å². The van der Waals surface area contributed by atoms with Crippen LogP contribution in [0, 0.1) is 0 Å². The summed E-state index contributed by atoms with van der Waals surface area (Å²) in [5.41, 5.74) is 3.29. The van der Waals surface area contributed by atoms with Crippen LogP contribution in [0.4, 0.5) is 10.5 Å². The molecule has 0 spiro atoms. The molecule has 4 nitrogen and oxygen atoms in total. The smallest absolute Gasteiger partial charge is 0.323 e. The molecule has 23 heavy (non-hydrogen) atoms. The van der Waals surface area contributed by atoms with Crippen molar-refractivity contribution in [1.82, 2.24) is 9.47 Å². The fraction of sp³-hybridized carbons (Fsp3) is 0.389. The first-order valence-corrected chi connectivity index (χ1v) is 9.01. The maximum atomic E-state index is 12.6. The third-order valence-corrected chi connectivity index (χ3v) is 5.45. The SMILES string of the molecule is CC(C)c1ccc(NC(=O)N2CCS[C@H]2c2cccn2C)cc1. The second kappa shape index (κ2) is 6.71. The second-order valence-electron chi connectivity index (χ2n) is 6.17. The van der Waals surface area contributed by atoms with E-state index < -0.39 is 0 Å². The molecule has 0 aliphatic carbocycles. The number of nitrogens with zero attached hydrogens (tertiary/aromatic N) is 2. The van der Waals surface area contributed by atoms with Gasteiger partial charge in [0.05, 0.1) is 5.69 Å². The van der Waals surface area contributed by atoms with E-state index in [1.54, 1.807) is 0 Å². The lowest BCUT2D eigenvalue weighted by molar-refractivity contribution is 0.213. The summed E-state index contributed by atoms with van der Waals surface area (Å²) in [6.07, 6.45) is 2.02. The third-order valence-electron chi connectivity index (χ3n) is 4.22. The Kier molecular flexibility index (Phi) is 4.66. The monoisotopic (exact) mass is 329 g/mol. The molecule has 3 rings (SSSR count). The Morgan fingerprint density at radius 3 is 2.61 bits per heavy atom. The summed E-state index contributed by atoms with van der Waals surface area (Å²) in [6, 6.07) is 12.2. The predicted octanol–water partition coefficient (Wildman–Crippen LogP) is 4.43. The van der Waals surface area contributed by atoms with Gasteiger partial charge in [-0.05, 0) is 35.7 Å². The number of carbonyl (C=O) groups is 1. The van der Waals surface area contributed by atoms with E-state index in [1.165, 1.54) is 5.56 Å². The van der Waals surface area contributed by atoms with Gasteiger partial charge in [-0.15, -0.1) is 11.8 Å². The number of benzene rings is 1. The molecule has 1 fully saturated rings. The van der Waals surface area contributed by atoms with E-state index in [1.807, 2.05) is 48.1 Å². The van der Waals surface area contributed by atoms with Crippen molar-refractivity contribution in [2.24, 2.45) is 7.05 Å². The van der Waals surface area contributed by atoms with Crippen molar-refractivity contribution >= 4 is 23.5 Å². The first-order chi connectivity index (χ1) is 11.1. The topological polar surface area (TPSA) is 37.3 Å². The van der Waals surface area contributed by atoms with Crippen molar-refractivity contribution in [2.45, 2.75) is 25.1 Å². The van der Waals surface area contributed by atoms with Gasteiger partial charge in [0.2, 0.25) is 0 Å². The van der Waals surface area contributed by atoms with Crippen LogP contribution in [0.15, 0.2) is 42.6 Å². The summed E-state index contributed by atoms with van der Waals surface area (Å²) in [5, 5.41) is 3.11. The van der Waals surface area contributed by atoms with Crippen molar-refractivity contribution in [3.05, 3.63) is 53.9 Å². The van der Waals surface area contributed by atoms with Crippen LogP contribution >= 0.6 is 11.8 Å². The summed E-state index contributed by atoms with van der Waals surface area (Å²) >= 11 is 1.81. The van der Waals surface area contributed by atoms with Gasteiger partial charge >= 0.3 is 6.03 Å². The number of hydrogen-bond donors (Lipinski definition) is 1. The molecule has 5 heteroatoms. The van der Waals surface area contributed by atoms with Crippen LogP contribution < -0.4 is 5.32 Å². The highest BCUT2D eigenvalue weighted by molar-refractivity contribution is 7.99. The van der Waals surface area contributed by atoms with Gasteiger partial charge in [-0.25, -0.2) is 4.79 Å². The van der Waals surface area contributed by atoms with Crippen LogP contribution in [-0.4, -0.2) is 27.8 Å². The van der Waals surface area contributed by atoms with Crippen LogP contribution in [0.5, 0.6) is 0 Å². The number of rotatable bonds is 3. The normalized spacial score (nSPS) is 17.7. The van der Waals surface area contributed by atoms with E-state index in [0.717, 1.165) is 23.7 Å². The van der Waals surface area contributed by atoms with Gasteiger partial charge < -0.3 is 14.8 Å². The van der Waals surface area contributed by atoms with E-state index in [2.05, 4.69) is 41.9 Å². The van der Waals surface area contributed by atoms with Crippen molar-refractivity contribution in [1.29, 1.82) is 0 Å². The molecule has 0 unspecified atom stereocenters. The molecule has 0 saturated carbocycles. The number of aryl methyl sites for hydroxylation is 1. The summed E-state index contributed by atoms with van der Waals surface area (Å²) in [4.78, 5) is 14.6. The van der Waals surface area contributed by atoms with Crippen LogP contribution in [-0.2, 0) is 7.05 Å². The highest BCUT2D eigenvalue weighted by Gasteiger charge is 2.32. The molecule has 2 aromatic rings. The molecule has 1 aliphatic rings. The quantitative estimate of drug-likeness (QED) is 0.904. The minimum Gasteiger partial charge on any atom is -0.352 e. The molecule has 1 N–H and O–H groups in total. The number of carbonyl (C=O) groups excluding carboxylic acids is 1. The molecule has 1 saturated heterocycles. The summed E-state index contributed by atoms with van der Waals surface area (Å²) < 4.78 is 2.08. The van der Waals surface area contributed by atoms with Crippen LogP contribution in [0.1, 0.15) is 36.4 Å². The number of amides is 2. The number of urea groups is 1. The molecule has 0 bridgehead atoms. The molecule has 2 amide bonds. The summed E-state index contributed by atoms with van der Waals surface area (Å²) in [7, 11) is 2.02. The standard InChI is InChI=1S/C18H23N3OS/c1-13(2)14-6-8-15(9-7-14)19-18(22)21-11-12-23-17(21)16-5-4-10-20(16)3/h4-10,13,17H,11-12H2,1-3H3,(H,19,22)/t17-/m0/s1. The van der Waals surface area contributed by atoms with Crippen LogP contribution in [0.2, 0.25) is 0 Å². The Balaban J connectivity index is 1.71. The first kappa shape index (κ1) is 16.0. The minimum absolute atomic E-state index is 0.0292. The largest absolute Gasteiger partial charge is 0.352 e. The number of anilines is 1. The zero-order valence-corrected chi connectivity index (χ0v) is 14.6. The zero-order valence-electron chi connectivity index (χ0n) is 13.8. The van der Waals surface area contributed by atoms with Crippen molar-refractivity contribution in [3.8, 4) is 0 Å². The average Bonchev–Trinajstić information content (AvgIpc) is 3.15. The van der Waals surface area contributed by atoms with E-state index in [0.29, 0.717) is 5.92 Å². The van der Waals surface area contributed by atoms with Crippen LogP contribution in [0.3, 0.4) is 0 Å². The predicted molar refractivity (Wildman–Crippen MR) is 96.9 cm³/mol. The molecular formula is C18H23N3OS. The number of thioether (sulfide) groups is 1. The van der Waals surface area contributed by atoms with Crippen molar-refractivity contribution < 1.29 is 4.79 Å². The fourth-order valence-electron chi connectivity index (χ4n) is 2.80. The molecule has 1 aromatic carbocycles. The zero-order chi connectivity index (χ0) is 16.4. The number of nitrogens with one attached hydrogen (secondary N) is 1. The van der Waals surface area contributed by atoms with E-state index in [-0.39, 0.29) is 11.4 Å². The fourth-order valence-corrected chi connectivity index (χ4v) is 4.12. The van der Waals surface area contributed by atoms with E-state index in [9.17, 15) is 4.79 Å². The van der Waals surface area contributed by atoms with Gasteiger partial charge in [-0.1, -0.05) is 26.0 Å². The lowest BCUT2D eigenvalue weighted by Crippen LogP contribution is -2.34. The Labute approximate surface area is 141 Å². The Morgan fingerprint density at radius 1 is 1.26 bits per heavy atom. The van der Waals surface area contributed by atoms with E-state index >= 15 is 0 Å². The van der Waals surface area contributed by atoms with E-state index in [4.69, 9.17) is 0 Å². The lowest BCUT2D eigenvalue weighted by atomic mass is 10.0. The number of aromatic nitrogens is 1. The lowest BCUT2D eigenvalue weighted by Gasteiger charge is -2.24. The molecule has 1 aliphatic heterocycles. The first-order valence-electron chi connectivity index (χ1n) is 7.96. The van der Waals surface area contributed by atoms with Crippen LogP contribution in [0.25, 0.3) is 0 Å². The molecular weight excluding hydrogens is 306 g/mol. The van der Waals surface area contributed by atoms with Gasteiger partial charge in [0.15, 0.2) is 0 Å². The maximum absolute atomic E-state index is 12.6. The Hall–Kier alpha value is -1.88. The summed E-state index contributed by atoms with van der Waals surface area (Å²) in [5.74, 6) is 1.46. The van der Waals surface area contributed by atoms with Gasteiger partial charge in [0.25, 0.3) is 0 Å². The highest BCUT2D eigenvalue weighted by Crippen LogP contribution is 2.38. The van der Waals surface area contributed by atoms with Crippen molar-refractivity contribution in [2.75, 3.05) is 17.6 Å². The Bertz CT molecular complexity index is 678.